The zero-order valence-corrected chi connectivity index (χ0v) is 8.40. The van der Waals surface area contributed by atoms with Crippen LogP contribution < -0.4 is 5.73 Å². The SMILES string of the molecule is C#CCN(C)C(=O)c1ccc(N)c(O)c1. The molecule has 0 saturated carbocycles. The highest BCUT2D eigenvalue weighted by Gasteiger charge is 2.11. The Bertz CT molecular complexity index is 421. The molecule has 0 aliphatic rings. The van der Waals surface area contributed by atoms with E-state index in [-0.39, 0.29) is 23.9 Å². The van der Waals surface area contributed by atoms with Gasteiger partial charge < -0.3 is 15.7 Å². The molecule has 1 aromatic carbocycles. The lowest BCUT2D eigenvalue weighted by molar-refractivity contribution is 0.0812. The summed E-state index contributed by atoms with van der Waals surface area (Å²) in [5.74, 6) is 2.01. The van der Waals surface area contributed by atoms with E-state index < -0.39 is 0 Å². The van der Waals surface area contributed by atoms with Crippen LogP contribution in [0.1, 0.15) is 10.4 Å². The Labute approximate surface area is 88.3 Å². The zero-order valence-electron chi connectivity index (χ0n) is 8.40. The molecule has 1 aromatic rings. The monoisotopic (exact) mass is 204 g/mol. The fourth-order valence-corrected chi connectivity index (χ4v) is 1.11. The van der Waals surface area contributed by atoms with Gasteiger partial charge in [0.05, 0.1) is 12.2 Å². The number of phenols is 1. The molecule has 78 valence electrons. The molecule has 15 heavy (non-hydrogen) atoms. The fourth-order valence-electron chi connectivity index (χ4n) is 1.11. The van der Waals surface area contributed by atoms with Crippen molar-refractivity contribution < 1.29 is 9.90 Å². The largest absolute Gasteiger partial charge is 0.506 e. The first-order valence-corrected chi connectivity index (χ1v) is 4.33. The third kappa shape index (κ3) is 2.41. The molecule has 0 saturated heterocycles. The lowest BCUT2D eigenvalue weighted by Crippen LogP contribution is -2.26. The summed E-state index contributed by atoms with van der Waals surface area (Å²) in [4.78, 5) is 13.1. The van der Waals surface area contributed by atoms with Gasteiger partial charge in [0, 0.05) is 12.6 Å². The van der Waals surface area contributed by atoms with Gasteiger partial charge in [0.25, 0.3) is 5.91 Å². The number of nitrogens with zero attached hydrogens (tertiary/aromatic N) is 1. The summed E-state index contributed by atoms with van der Waals surface area (Å²) in [6, 6.07) is 4.35. The molecule has 0 aliphatic carbocycles. The van der Waals surface area contributed by atoms with Gasteiger partial charge >= 0.3 is 0 Å². The Morgan fingerprint density at radius 1 is 1.67 bits per heavy atom. The molecule has 0 spiro atoms. The Kier molecular flexibility index (Phi) is 3.19. The number of amides is 1. The Morgan fingerprint density at radius 2 is 2.33 bits per heavy atom. The van der Waals surface area contributed by atoms with Gasteiger partial charge in [-0.2, -0.15) is 0 Å². The topological polar surface area (TPSA) is 66.6 Å². The maximum absolute atomic E-state index is 11.7. The van der Waals surface area contributed by atoms with Crippen molar-refractivity contribution in [3.63, 3.8) is 0 Å². The molecule has 0 aromatic heterocycles. The van der Waals surface area contributed by atoms with Crippen LogP contribution in [0.2, 0.25) is 0 Å². The highest BCUT2D eigenvalue weighted by Crippen LogP contribution is 2.21. The van der Waals surface area contributed by atoms with Crippen LogP contribution in [0.15, 0.2) is 18.2 Å². The average Bonchev–Trinajstić information content (AvgIpc) is 2.21. The van der Waals surface area contributed by atoms with Crippen LogP contribution in [0.4, 0.5) is 5.69 Å². The third-order valence-corrected chi connectivity index (χ3v) is 1.95. The third-order valence-electron chi connectivity index (χ3n) is 1.95. The highest BCUT2D eigenvalue weighted by molar-refractivity contribution is 5.95. The van der Waals surface area contributed by atoms with Crippen LogP contribution in [0.25, 0.3) is 0 Å². The molecule has 4 heteroatoms. The molecule has 0 radical (unpaired) electrons. The number of hydrogen-bond donors (Lipinski definition) is 2. The summed E-state index contributed by atoms with van der Waals surface area (Å²) in [6.45, 7) is 0.226. The van der Waals surface area contributed by atoms with Crippen molar-refractivity contribution in [3.05, 3.63) is 23.8 Å². The predicted octanol–water partition coefficient (Wildman–Crippen LogP) is 0.680. The molecule has 0 atom stereocenters. The van der Waals surface area contributed by atoms with E-state index in [2.05, 4.69) is 5.92 Å². The number of rotatable bonds is 2. The second kappa shape index (κ2) is 4.38. The molecule has 0 unspecified atom stereocenters. The summed E-state index contributed by atoms with van der Waals surface area (Å²) in [7, 11) is 1.59. The van der Waals surface area contributed by atoms with Crippen LogP contribution >= 0.6 is 0 Å². The van der Waals surface area contributed by atoms with E-state index in [0.717, 1.165) is 0 Å². The molecule has 0 bridgehead atoms. The van der Waals surface area contributed by atoms with Crippen molar-refractivity contribution in [1.82, 2.24) is 4.90 Å². The smallest absolute Gasteiger partial charge is 0.254 e. The molecule has 1 rings (SSSR count). The second-order valence-corrected chi connectivity index (χ2v) is 3.14. The van der Waals surface area contributed by atoms with Crippen molar-refractivity contribution >= 4 is 11.6 Å². The summed E-state index contributed by atoms with van der Waals surface area (Å²) in [5, 5.41) is 9.32. The first kappa shape index (κ1) is 10.9. The highest BCUT2D eigenvalue weighted by atomic mass is 16.3. The van der Waals surface area contributed by atoms with Gasteiger partial charge in [0.15, 0.2) is 0 Å². The fraction of sp³-hybridized carbons (Fsp3) is 0.182. The molecular weight excluding hydrogens is 192 g/mol. The van der Waals surface area contributed by atoms with E-state index in [0.29, 0.717) is 5.56 Å². The summed E-state index contributed by atoms with van der Waals surface area (Å²) in [6.07, 6.45) is 5.09. The van der Waals surface area contributed by atoms with Gasteiger partial charge in [-0.25, -0.2) is 0 Å². The van der Waals surface area contributed by atoms with Crippen molar-refractivity contribution in [1.29, 1.82) is 0 Å². The first-order valence-electron chi connectivity index (χ1n) is 4.33. The molecule has 0 heterocycles. The van der Waals surface area contributed by atoms with Gasteiger partial charge in [-0.3, -0.25) is 4.79 Å². The molecule has 3 N–H and O–H groups in total. The average molecular weight is 204 g/mol. The Hall–Kier alpha value is -2.15. The van der Waals surface area contributed by atoms with E-state index in [1.807, 2.05) is 0 Å². The Balaban J connectivity index is 2.93. The number of nitrogens with two attached hydrogens (primary N) is 1. The predicted molar refractivity (Wildman–Crippen MR) is 58.3 cm³/mol. The maximum Gasteiger partial charge on any atom is 0.254 e. The minimum atomic E-state index is -0.247. The Morgan fingerprint density at radius 3 is 2.87 bits per heavy atom. The molecule has 4 nitrogen and oxygen atoms in total. The first-order chi connectivity index (χ1) is 7.06. The van der Waals surface area contributed by atoms with E-state index in [4.69, 9.17) is 12.2 Å². The number of benzene rings is 1. The molecule has 1 amide bonds. The van der Waals surface area contributed by atoms with Crippen LogP contribution in [0, 0.1) is 12.3 Å². The van der Waals surface area contributed by atoms with E-state index >= 15 is 0 Å². The van der Waals surface area contributed by atoms with Gasteiger partial charge in [0.1, 0.15) is 5.75 Å². The number of carbonyl (C=O) groups is 1. The van der Waals surface area contributed by atoms with Gasteiger partial charge in [-0.05, 0) is 18.2 Å². The van der Waals surface area contributed by atoms with Crippen LogP contribution in [0.5, 0.6) is 5.75 Å². The second-order valence-electron chi connectivity index (χ2n) is 3.14. The minimum Gasteiger partial charge on any atom is -0.506 e. The van der Waals surface area contributed by atoms with Crippen molar-refractivity contribution in [2.24, 2.45) is 0 Å². The van der Waals surface area contributed by atoms with E-state index in [1.54, 1.807) is 13.1 Å². The number of nitrogen functional groups attached to an aromatic ring is 1. The number of carbonyl (C=O) groups excluding carboxylic acids is 1. The number of phenolic OH excluding ortho intramolecular Hbond substituents is 1. The van der Waals surface area contributed by atoms with Gasteiger partial charge in [0.2, 0.25) is 0 Å². The van der Waals surface area contributed by atoms with Crippen molar-refractivity contribution in [2.45, 2.75) is 0 Å². The standard InChI is InChI=1S/C11H12N2O2/c1-3-6-13(2)11(15)8-4-5-9(12)10(14)7-8/h1,4-5,7,14H,6,12H2,2H3. The van der Waals surface area contributed by atoms with Crippen LogP contribution in [-0.4, -0.2) is 29.5 Å². The van der Waals surface area contributed by atoms with Crippen LogP contribution in [0.3, 0.4) is 0 Å². The number of anilines is 1. The van der Waals surface area contributed by atoms with Crippen molar-refractivity contribution in [2.75, 3.05) is 19.3 Å². The minimum absolute atomic E-state index is 0.102. The van der Waals surface area contributed by atoms with Crippen LogP contribution in [-0.2, 0) is 0 Å². The molecular formula is C11H12N2O2. The number of terminal acetylenes is 1. The van der Waals surface area contributed by atoms with E-state index in [9.17, 15) is 9.90 Å². The van der Waals surface area contributed by atoms with Gasteiger partial charge in [-0.15, -0.1) is 6.42 Å². The summed E-state index contributed by atoms with van der Waals surface area (Å²) < 4.78 is 0. The quantitative estimate of drug-likeness (QED) is 0.423. The lowest BCUT2D eigenvalue weighted by atomic mass is 10.1. The summed E-state index contributed by atoms with van der Waals surface area (Å²) >= 11 is 0. The molecule has 0 fully saturated rings. The number of hydrogen-bond acceptors (Lipinski definition) is 3. The summed E-state index contributed by atoms with van der Waals surface area (Å²) in [5.41, 5.74) is 6.02. The van der Waals surface area contributed by atoms with E-state index in [1.165, 1.54) is 17.0 Å². The van der Waals surface area contributed by atoms with Gasteiger partial charge in [-0.1, -0.05) is 5.92 Å². The normalized spacial score (nSPS) is 9.33. The zero-order chi connectivity index (χ0) is 11.4. The number of aromatic hydroxyl groups is 1. The van der Waals surface area contributed by atoms with Crippen molar-refractivity contribution in [3.8, 4) is 18.1 Å². The lowest BCUT2D eigenvalue weighted by Gasteiger charge is -2.14. The maximum atomic E-state index is 11.7. The molecule has 0 aliphatic heterocycles.